The topological polar surface area (TPSA) is 87.1 Å². The molecule has 0 aromatic heterocycles. The van der Waals surface area contributed by atoms with Crippen molar-refractivity contribution >= 4 is 40.7 Å². The van der Waals surface area contributed by atoms with Crippen molar-refractivity contribution in [1.29, 1.82) is 0 Å². The van der Waals surface area contributed by atoms with E-state index in [1.54, 1.807) is 18.2 Å². The van der Waals surface area contributed by atoms with Gasteiger partial charge in [-0.1, -0.05) is 42.6 Å². The first-order valence-electron chi connectivity index (χ1n) is 9.40. The lowest BCUT2D eigenvalue weighted by Gasteiger charge is -2.25. The number of benzene rings is 2. The Kier molecular flexibility index (Phi) is 6.58. The molecule has 6 nitrogen and oxygen atoms in total. The summed E-state index contributed by atoms with van der Waals surface area (Å²) in [5, 5.41) is 21.3. The molecule has 1 saturated heterocycles. The van der Waals surface area contributed by atoms with Crippen molar-refractivity contribution < 1.29 is 24.5 Å². The number of aliphatic hydroxyl groups is 1. The predicted molar refractivity (Wildman–Crippen MR) is 115 cm³/mol. The van der Waals surface area contributed by atoms with Crippen LogP contribution in [0.4, 0.5) is 0 Å². The van der Waals surface area contributed by atoms with Gasteiger partial charge in [0.05, 0.1) is 29.3 Å². The van der Waals surface area contributed by atoms with E-state index in [0.29, 0.717) is 29.3 Å². The standard InChI is InChI=1S/C22H21Cl2NO5/c1-3-4-9-25-19(12-5-7-16(26)15(24)10-12)18(21(28)22(25)29)20(27)14-11-13(23)6-8-17(14)30-2/h5-8,10-11,19,26-27H,3-4,9H2,1-2H3/b20-18+. The zero-order valence-corrected chi connectivity index (χ0v) is 18.0. The van der Waals surface area contributed by atoms with Gasteiger partial charge < -0.3 is 19.8 Å². The predicted octanol–water partition coefficient (Wildman–Crippen LogP) is 4.93. The van der Waals surface area contributed by atoms with Crippen LogP contribution in [0.2, 0.25) is 10.0 Å². The number of aliphatic hydroxyl groups excluding tert-OH is 1. The Morgan fingerprint density at radius 3 is 2.53 bits per heavy atom. The van der Waals surface area contributed by atoms with Crippen LogP contribution in [-0.4, -0.2) is 40.5 Å². The summed E-state index contributed by atoms with van der Waals surface area (Å²) in [7, 11) is 1.43. The fourth-order valence-corrected chi connectivity index (χ4v) is 3.85. The SMILES string of the molecule is CCCCN1C(=O)C(=O)/C(=C(/O)c2cc(Cl)ccc2OC)C1c1ccc(O)c(Cl)c1. The quantitative estimate of drug-likeness (QED) is 0.370. The van der Waals surface area contributed by atoms with Gasteiger partial charge in [0, 0.05) is 11.6 Å². The monoisotopic (exact) mass is 449 g/mol. The van der Waals surface area contributed by atoms with Crippen molar-refractivity contribution in [3.05, 3.63) is 63.1 Å². The molecule has 1 aliphatic heterocycles. The first kappa shape index (κ1) is 22.0. The zero-order chi connectivity index (χ0) is 22.0. The van der Waals surface area contributed by atoms with E-state index in [0.717, 1.165) is 6.42 Å². The molecule has 1 atom stereocenters. The molecule has 2 N–H and O–H groups in total. The number of unbranched alkanes of at least 4 members (excludes halogenated alkanes) is 1. The summed E-state index contributed by atoms with van der Waals surface area (Å²) in [6.07, 6.45) is 1.49. The fourth-order valence-electron chi connectivity index (χ4n) is 3.49. The molecule has 0 aliphatic carbocycles. The van der Waals surface area contributed by atoms with Crippen molar-refractivity contribution in [2.45, 2.75) is 25.8 Å². The van der Waals surface area contributed by atoms with E-state index in [-0.39, 0.29) is 27.7 Å². The van der Waals surface area contributed by atoms with Crippen LogP contribution in [0.15, 0.2) is 42.0 Å². The van der Waals surface area contributed by atoms with E-state index < -0.39 is 17.7 Å². The number of phenols is 1. The summed E-state index contributed by atoms with van der Waals surface area (Å²) >= 11 is 12.2. The molecule has 158 valence electrons. The van der Waals surface area contributed by atoms with Gasteiger partial charge in [-0.25, -0.2) is 0 Å². The smallest absolute Gasteiger partial charge is 0.295 e. The number of amides is 1. The number of carbonyl (C=O) groups is 2. The molecule has 2 aromatic rings. The number of nitrogens with zero attached hydrogens (tertiary/aromatic N) is 1. The number of phenolic OH excluding ortho intramolecular Hbond substituents is 1. The van der Waals surface area contributed by atoms with Crippen LogP contribution < -0.4 is 4.74 Å². The van der Waals surface area contributed by atoms with Crippen LogP contribution in [0.5, 0.6) is 11.5 Å². The van der Waals surface area contributed by atoms with Gasteiger partial charge in [-0.2, -0.15) is 0 Å². The van der Waals surface area contributed by atoms with Gasteiger partial charge in [-0.3, -0.25) is 9.59 Å². The molecule has 0 bridgehead atoms. The van der Waals surface area contributed by atoms with Gasteiger partial charge in [0.1, 0.15) is 17.3 Å². The second-order valence-corrected chi connectivity index (χ2v) is 7.75. The van der Waals surface area contributed by atoms with E-state index in [1.165, 1.54) is 30.2 Å². The lowest BCUT2D eigenvalue weighted by Crippen LogP contribution is -2.30. The molecule has 1 aliphatic rings. The summed E-state index contributed by atoms with van der Waals surface area (Å²) in [6, 6.07) is 8.20. The Morgan fingerprint density at radius 2 is 1.90 bits per heavy atom. The van der Waals surface area contributed by atoms with Crippen LogP contribution >= 0.6 is 23.2 Å². The van der Waals surface area contributed by atoms with Crippen LogP contribution in [0.25, 0.3) is 5.76 Å². The van der Waals surface area contributed by atoms with Crippen molar-refractivity contribution in [3.8, 4) is 11.5 Å². The van der Waals surface area contributed by atoms with E-state index >= 15 is 0 Å². The Labute approximate surface area is 184 Å². The van der Waals surface area contributed by atoms with Crippen LogP contribution in [-0.2, 0) is 9.59 Å². The Hall–Kier alpha value is -2.70. The molecule has 1 fully saturated rings. The summed E-state index contributed by atoms with van der Waals surface area (Å²) in [4.78, 5) is 27.2. The number of ketones is 1. The largest absolute Gasteiger partial charge is 0.507 e. The molecule has 0 radical (unpaired) electrons. The second kappa shape index (κ2) is 8.98. The third-order valence-electron chi connectivity index (χ3n) is 5.00. The highest BCUT2D eigenvalue weighted by Gasteiger charge is 2.46. The fraction of sp³-hybridized carbons (Fsp3) is 0.273. The number of hydrogen-bond donors (Lipinski definition) is 2. The molecule has 1 unspecified atom stereocenters. The van der Waals surface area contributed by atoms with Gasteiger partial charge in [-0.15, -0.1) is 0 Å². The van der Waals surface area contributed by atoms with Crippen molar-refractivity contribution in [2.24, 2.45) is 0 Å². The van der Waals surface area contributed by atoms with Crippen molar-refractivity contribution in [3.63, 3.8) is 0 Å². The number of ether oxygens (including phenoxy) is 1. The highest BCUT2D eigenvalue weighted by Crippen LogP contribution is 2.42. The maximum absolute atomic E-state index is 12.9. The molecule has 2 aromatic carbocycles. The number of carbonyl (C=O) groups excluding carboxylic acids is 2. The van der Waals surface area contributed by atoms with Crippen molar-refractivity contribution in [2.75, 3.05) is 13.7 Å². The van der Waals surface area contributed by atoms with Crippen molar-refractivity contribution in [1.82, 2.24) is 4.90 Å². The van der Waals surface area contributed by atoms with E-state index in [1.807, 2.05) is 6.92 Å². The number of likely N-dealkylation sites (tertiary alicyclic amines) is 1. The lowest BCUT2D eigenvalue weighted by atomic mass is 9.95. The summed E-state index contributed by atoms with van der Waals surface area (Å²) in [5.74, 6) is -1.72. The highest BCUT2D eigenvalue weighted by atomic mass is 35.5. The maximum Gasteiger partial charge on any atom is 0.295 e. The first-order valence-corrected chi connectivity index (χ1v) is 10.2. The average Bonchev–Trinajstić information content (AvgIpc) is 2.98. The molecular formula is C22H21Cl2NO5. The van der Waals surface area contributed by atoms with Gasteiger partial charge in [-0.05, 0) is 42.3 Å². The lowest BCUT2D eigenvalue weighted by molar-refractivity contribution is -0.139. The summed E-state index contributed by atoms with van der Waals surface area (Å²) in [5.41, 5.74) is 0.613. The third kappa shape index (κ3) is 3.98. The summed E-state index contributed by atoms with van der Waals surface area (Å²) in [6.45, 7) is 2.30. The zero-order valence-electron chi connectivity index (χ0n) is 16.5. The number of methoxy groups -OCH3 is 1. The number of halogens is 2. The minimum Gasteiger partial charge on any atom is -0.507 e. The molecule has 1 amide bonds. The number of rotatable bonds is 6. The van der Waals surface area contributed by atoms with Crippen LogP contribution in [0.1, 0.15) is 36.9 Å². The molecule has 0 saturated carbocycles. The molecule has 8 heteroatoms. The molecule has 0 spiro atoms. The Balaban J connectivity index is 2.25. The number of Topliss-reactive ketones (excluding diaryl/α,β-unsaturated/α-hetero) is 1. The van der Waals surface area contributed by atoms with E-state index in [2.05, 4.69) is 0 Å². The van der Waals surface area contributed by atoms with E-state index in [4.69, 9.17) is 27.9 Å². The Bertz CT molecular complexity index is 1030. The molecule has 1 heterocycles. The van der Waals surface area contributed by atoms with Gasteiger partial charge in [0.15, 0.2) is 0 Å². The highest BCUT2D eigenvalue weighted by molar-refractivity contribution is 6.46. The average molecular weight is 450 g/mol. The van der Waals surface area contributed by atoms with Gasteiger partial charge in [0.25, 0.3) is 11.7 Å². The molecular weight excluding hydrogens is 429 g/mol. The van der Waals surface area contributed by atoms with Gasteiger partial charge >= 0.3 is 0 Å². The molecule has 30 heavy (non-hydrogen) atoms. The third-order valence-corrected chi connectivity index (χ3v) is 5.53. The van der Waals surface area contributed by atoms with Crippen LogP contribution in [0, 0.1) is 0 Å². The normalized spacial score (nSPS) is 18.1. The Morgan fingerprint density at radius 1 is 1.17 bits per heavy atom. The minimum absolute atomic E-state index is 0.0777. The van der Waals surface area contributed by atoms with Gasteiger partial charge in [0.2, 0.25) is 0 Å². The number of aromatic hydroxyl groups is 1. The maximum atomic E-state index is 12.9. The van der Waals surface area contributed by atoms with E-state index in [9.17, 15) is 19.8 Å². The second-order valence-electron chi connectivity index (χ2n) is 6.90. The molecule has 3 rings (SSSR count). The van der Waals surface area contributed by atoms with Crippen LogP contribution in [0.3, 0.4) is 0 Å². The number of hydrogen-bond acceptors (Lipinski definition) is 5. The summed E-state index contributed by atoms with van der Waals surface area (Å²) < 4.78 is 5.29. The minimum atomic E-state index is -0.863. The first-order chi connectivity index (χ1) is 14.3.